The van der Waals surface area contributed by atoms with Crippen LogP contribution < -0.4 is 5.32 Å². The van der Waals surface area contributed by atoms with Crippen molar-refractivity contribution in [1.29, 1.82) is 0 Å². The van der Waals surface area contributed by atoms with Crippen molar-refractivity contribution in [3.63, 3.8) is 0 Å². The maximum atomic E-state index is 13.2. The molecule has 1 amide bonds. The SMILES string of the molecule is CNCCC1CCN(C(=O)c2cnn(-c3cccc(Cl)c3)c2C(C)C)CC1. The fourth-order valence-electron chi connectivity index (χ4n) is 3.84. The molecular formula is C21H29ClN4O. The lowest BCUT2D eigenvalue weighted by Crippen LogP contribution is -2.39. The molecule has 1 aromatic heterocycles. The van der Waals surface area contributed by atoms with E-state index in [1.807, 2.05) is 40.9 Å². The molecule has 0 spiro atoms. The number of aromatic nitrogens is 2. The van der Waals surface area contributed by atoms with Crippen LogP contribution in [0, 0.1) is 5.92 Å². The molecule has 1 aliphatic rings. The van der Waals surface area contributed by atoms with Crippen molar-refractivity contribution in [3.8, 4) is 5.69 Å². The minimum atomic E-state index is 0.0963. The predicted molar refractivity (Wildman–Crippen MR) is 110 cm³/mol. The third-order valence-corrected chi connectivity index (χ3v) is 5.58. The minimum Gasteiger partial charge on any atom is -0.339 e. The van der Waals surface area contributed by atoms with Gasteiger partial charge in [0.05, 0.1) is 23.1 Å². The number of rotatable bonds is 6. The number of amides is 1. The Morgan fingerprint density at radius 1 is 1.33 bits per heavy atom. The molecule has 0 aliphatic carbocycles. The fourth-order valence-corrected chi connectivity index (χ4v) is 4.02. The second-order valence-electron chi connectivity index (χ2n) is 7.62. The lowest BCUT2D eigenvalue weighted by Gasteiger charge is -2.32. The average molecular weight is 389 g/mol. The third kappa shape index (κ3) is 4.53. The zero-order valence-corrected chi connectivity index (χ0v) is 17.2. The van der Waals surface area contributed by atoms with Gasteiger partial charge in [-0.2, -0.15) is 5.10 Å². The summed E-state index contributed by atoms with van der Waals surface area (Å²) in [4.78, 5) is 15.2. The summed E-state index contributed by atoms with van der Waals surface area (Å²) in [6, 6.07) is 7.59. The molecule has 0 saturated carbocycles. The molecule has 1 aliphatic heterocycles. The van der Waals surface area contributed by atoms with E-state index in [1.54, 1.807) is 6.20 Å². The maximum Gasteiger partial charge on any atom is 0.257 e. The van der Waals surface area contributed by atoms with Gasteiger partial charge >= 0.3 is 0 Å². The van der Waals surface area contributed by atoms with Crippen molar-refractivity contribution in [2.45, 2.75) is 39.0 Å². The molecule has 0 unspecified atom stereocenters. The summed E-state index contributed by atoms with van der Waals surface area (Å²) >= 11 is 6.15. The molecule has 3 rings (SSSR count). The van der Waals surface area contributed by atoms with E-state index >= 15 is 0 Å². The van der Waals surface area contributed by atoms with E-state index in [0.29, 0.717) is 16.5 Å². The summed E-state index contributed by atoms with van der Waals surface area (Å²) in [5, 5.41) is 8.40. The number of hydrogen-bond donors (Lipinski definition) is 1. The monoisotopic (exact) mass is 388 g/mol. The van der Waals surface area contributed by atoms with E-state index in [1.165, 1.54) is 6.42 Å². The molecule has 5 nitrogen and oxygen atoms in total. The van der Waals surface area contributed by atoms with Crippen molar-refractivity contribution in [2.24, 2.45) is 5.92 Å². The molecule has 1 fully saturated rings. The van der Waals surface area contributed by atoms with Crippen LogP contribution in [0.25, 0.3) is 5.69 Å². The Labute approximate surface area is 166 Å². The summed E-state index contributed by atoms with van der Waals surface area (Å²) in [5.74, 6) is 0.984. The van der Waals surface area contributed by atoms with Crippen molar-refractivity contribution < 1.29 is 4.79 Å². The van der Waals surface area contributed by atoms with Crippen LogP contribution in [-0.4, -0.2) is 47.3 Å². The Hall–Kier alpha value is -1.85. The van der Waals surface area contributed by atoms with Crippen molar-refractivity contribution in [3.05, 3.63) is 46.7 Å². The standard InChI is InChI=1S/C21H29ClN4O/c1-15(2)20-19(14-24-26(20)18-6-4-5-17(22)13-18)21(27)25-11-8-16(9-12-25)7-10-23-3/h4-6,13-16,23H,7-12H2,1-3H3. The zero-order valence-electron chi connectivity index (χ0n) is 16.4. The van der Waals surface area contributed by atoms with Crippen LogP contribution in [0.4, 0.5) is 0 Å². The highest BCUT2D eigenvalue weighted by Crippen LogP contribution is 2.27. The van der Waals surface area contributed by atoms with Crippen LogP contribution in [0.3, 0.4) is 0 Å². The molecule has 0 bridgehead atoms. The molecule has 1 saturated heterocycles. The van der Waals surface area contributed by atoms with Crippen LogP contribution in [0.2, 0.25) is 5.02 Å². The number of hydrogen-bond acceptors (Lipinski definition) is 3. The van der Waals surface area contributed by atoms with E-state index in [0.717, 1.165) is 43.9 Å². The van der Waals surface area contributed by atoms with Gasteiger partial charge in [-0.25, -0.2) is 4.68 Å². The first-order valence-corrected chi connectivity index (χ1v) is 10.2. The van der Waals surface area contributed by atoms with Gasteiger partial charge in [0.2, 0.25) is 0 Å². The zero-order chi connectivity index (χ0) is 19.4. The molecule has 0 atom stereocenters. The molecule has 1 aromatic carbocycles. The van der Waals surface area contributed by atoms with Crippen molar-refractivity contribution in [1.82, 2.24) is 20.0 Å². The summed E-state index contributed by atoms with van der Waals surface area (Å²) in [7, 11) is 1.99. The van der Waals surface area contributed by atoms with Crippen molar-refractivity contribution >= 4 is 17.5 Å². The average Bonchev–Trinajstić information content (AvgIpc) is 3.11. The van der Waals surface area contributed by atoms with Gasteiger partial charge in [0, 0.05) is 18.1 Å². The number of carbonyl (C=O) groups excluding carboxylic acids is 1. The Kier molecular flexibility index (Phi) is 6.55. The largest absolute Gasteiger partial charge is 0.339 e. The quantitative estimate of drug-likeness (QED) is 0.810. The molecule has 6 heteroatoms. The topological polar surface area (TPSA) is 50.2 Å². The molecule has 1 N–H and O–H groups in total. The molecular weight excluding hydrogens is 360 g/mol. The smallest absolute Gasteiger partial charge is 0.257 e. The number of carbonyl (C=O) groups is 1. The second kappa shape index (κ2) is 8.89. The molecule has 0 radical (unpaired) electrons. The van der Waals surface area contributed by atoms with Crippen LogP contribution in [0.5, 0.6) is 0 Å². The van der Waals surface area contributed by atoms with E-state index < -0.39 is 0 Å². The van der Waals surface area contributed by atoms with Gasteiger partial charge in [-0.1, -0.05) is 31.5 Å². The van der Waals surface area contributed by atoms with Gasteiger partial charge in [0.25, 0.3) is 5.91 Å². The number of likely N-dealkylation sites (tertiary alicyclic amines) is 1. The lowest BCUT2D eigenvalue weighted by atomic mass is 9.93. The predicted octanol–water partition coefficient (Wildman–Crippen LogP) is 4.11. The van der Waals surface area contributed by atoms with Gasteiger partial charge in [-0.15, -0.1) is 0 Å². The molecule has 146 valence electrons. The van der Waals surface area contributed by atoms with E-state index in [9.17, 15) is 4.79 Å². The Balaban J connectivity index is 1.80. The van der Waals surface area contributed by atoms with E-state index in [-0.39, 0.29) is 11.8 Å². The number of nitrogens with zero attached hydrogens (tertiary/aromatic N) is 3. The number of halogens is 1. The van der Waals surface area contributed by atoms with Gasteiger partial charge in [-0.3, -0.25) is 4.79 Å². The first-order chi connectivity index (χ1) is 13.0. The normalized spacial score (nSPS) is 15.5. The van der Waals surface area contributed by atoms with Crippen LogP contribution in [-0.2, 0) is 0 Å². The summed E-state index contributed by atoms with van der Waals surface area (Å²) < 4.78 is 1.85. The summed E-state index contributed by atoms with van der Waals surface area (Å²) in [5.41, 5.74) is 2.54. The molecule has 2 aromatic rings. The highest BCUT2D eigenvalue weighted by molar-refractivity contribution is 6.30. The fraction of sp³-hybridized carbons (Fsp3) is 0.524. The first-order valence-electron chi connectivity index (χ1n) is 9.79. The maximum absolute atomic E-state index is 13.2. The van der Waals surface area contributed by atoms with Gasteiger partial charge < -0.3 is 10.2 Å². The second-order valence-corrected chi connectivity index (χ2v) is 8.05. The molecule has 27 heavy (non-hydrogen) atoms. The van der Waals surface area contributed by atoms with Gasteiger partial charge in [0.1, 0.15) is 0 Å². The van der Waals surface area contributed by atoms with Crippen LogP contribution in [0.15, 0.2) is 30.5 Å². The van der Waals surface area contributed by atoms with Crippen molar-refractivity contribution in [2.75, 3.05) is 26.7 Å². The van der Waals surface area contributed by atoms with E-state index in [2.05, 4.69) is 24.3 Å². The highest BCUT2D eigenvalue weighted by Gasteiger charge is 2.28. The van der Waals surface area contributed by atoms with Crippen LogP contribution in [0.1, 0.15) is 55.1 Å². The highest BCUT2D eigenvalue weighted by atomic mass is 35.5. The van der Waals surface area contributed by atoms with E-state index in [4.69, 9.17) is 11.6 Å². The lowest BCUT2D eigenvalue weighted by molar-refractivity contribution is 0.0685. The first kappa shape index (κ1) is 19.9. The third-order valence-electron chi connectivity index (χ3n) is 5.34. The number of benzene rings is 1. The Morgan fingerprint density at radius 2 is 2.07 bits per heavy atom. The van der Waals surface area contributed by atoms with Crippen LogP contribution >= 0.6 is 11.6 Å². The molecule has 2 heterocycles. The number of piperidine rings is 1. The minimum absolute atomic E-state index is 0.0963. The number of nitrogens with one attached hydrogen (secondary N) is 1. The summed E-state index contributed by atoms with van der Waals surface area (Å²) in [6.07, 6.45) is 5.05. The van der Waals surface area contributed by atoms with Gasteiger partial charge in [0.15, 0.2) is 0 Å². The summed E-state index contributed by atoms with van der Waals surface area (Å²) in [6.45, 7) is 6.89. The Morgan fingerprint density at radius 3 is 2.70 bits per heavy atom. The Bertz CT molecular complexity index is 778. The van der Waals surface area contributed by atoms with Gasteiger partial charge in [-0.05, 0) is 62.9 Å².